The Hall–Kier alpha value is -2.04. The Kier molecular flexibility index (Phi) is 8.04. The van der Waals surface area contributed by atoms with Crippen LogP contribution in [0.4, 0.5) is 0 Å². The van der Waals surface area contributed by atoms with E-state index in [9.17, 15) is 9.59 Å². The van der Waals surface area contributed by atoms with E-state index in [-0.39, 0.29) is 25.0 Å². The molecule has 0 aliphatic carbocycles. The largest absolute Gasteiger partial charge is 0.484 e. The molecule has 0 atom stereocenters. The Labute approximate surface area is 132 Å². The van der Waals surface area contributed by atoms with E-state index in [4.69, 9.17) is 4.74 Å². The number of aryl methyl sites for hydroxylation is 1. The molecule has 0 aliphatic rings. The second-order valence-electron chi connectivity index (χ2n) is 5.26. The van der Waals surface area contributed by atoms with Gasteiger partial charge in [0.05, 0.1) is 6.54 Å². The molecule has 0 unspecified atom stereocenters. The molecule has 2 amide bonds. The highest BCUT2D eigenvalue weighted by Gasteiger charge is 2.13. The van der Waals surface area contributed by atoms with Crippen LogP contribution >= 0.6 is 0 Å². The van der Waals surface area contributed by atoms with E-state index in [2.05, 4.69) is 5.32 Å². The van der Waals surface area contributed by atoms with Crippen LogP contribution in [0.5, 0.6) is 5.75 Å². The summed E-state index contributed by atoms with van der Waals surface area (Å²) in [5.74, 6) is 0.305. The average molecular weight is 306 g/mol. The zero-order valence-corrected chi connectivity index (χ0v) is 13.7. The molecule has 122 valence electrons. The summed E-state index contributed by atoms with van der Waals surface area (Å²) in [7, 11) is 0. The maximum absolute atomic E-state index is 12.0. The molecule has 0 fully saturated rings. The standard InChI is InChI=1S/C17H26N2O3/c1-4-10-19(11-5-2)17(21)12-18-16(20)13-22-15-8-6-14(3)7-9-15/h6-9H,4-5,10-13H2,1-3H3,(H,18,20). The number of amides is 2. The molecular formula is C17H26N2O3. The second-order valence-corrected chi connectivity index (χ2v) is 5.26. The zero-order valence-electron chi connectivity index (χ0n) is 13.7. The Balaban J connectivity index is 2.32. The molecule has 0 radical (unpaired) electrons. The Morgan fingerprint density at radius 3 is 2.23 bits per heavy atom. The van der Waals surface area contributed by atoms with Gasteiger partial charge >= 0.3 is 0 Å². The third-order valence-electron chi connectivity index (χ3n) is 3.17. The molecule has 0 saturated carbocycles. The van der Waals surface area contributed by atoms with Crippen molar-refractivity contribution in [3.8, 4) is 5.75 Å². The first kappa shape index (κ1) is 18.0. The monoisotopic (exact) mass is 306 g/mol. The summed E-state index contributed by atoms with van der Waals surface area (Å²) in [5, 5.41) is 2.61. The van der Waals surface area contributed by atoms with Crippen LogP contribution in [0.2, 0.25) is 0 Å². The predicted molar refractivity (Wildman–Crippen MR) is 86.8 cm³/mol. The SMILES string of the molecule is CCCN(CCC)C(=O)CNC(=O)COc1ccc(C)cc1. The summed E-state index contributed by atoms with van der Waals surface area (Å²) in [6, 6.07) is 7.48. The lowest BCUT2D eigenvalue weighted by Gasteiger charge is -2.21. The highest BCUT2D eigenvalue weighted by atomic mass is 16.5. The molecule has 0 bridgehead atoms. The van der Waals surface area contributed by atoms with Crippen molar-refractivity contribution >= 4 is 11.8 Å². The van der Waals surface area contributed by atoms with Crippen LogP contribution in [0, 0.1) is 6.92 Å². The molecule has 1 aromatic rings. The van der Waals surface area contributed by atoms with Gasteiger partial charge in [0.1, 0.15) is 5.75 Å². The summed E-state index contributed by atoms with van der Waals surface area (Å²) in [6.45, 7) is 7.44. The van der Waals surface area contributed by atoms with Gasteiger partial charge in [0.15, 0.2) is 6.61 Å². The van der Waals surface area contributed by atoms with Gasteiger partial charge < -0.3 is 15.0 Å². The lowest BCUT2D eigenvalue weighted by Crippen LogP contribution is -2.42. The van der Waals surface area contributed by atoms with Gasteiger partial charge in [0.25, 0.3) is 5.91 Å². The van der Waals surface area contributed by atoms with E-state index in [1.54, 1.807) is 4.90 Å². The molecule has 0 aromatic heterocycles. The summed E-state index contributed by atoms with van der Waals surface area (Å²) in [4.78, 5) is 25.5. The number of ether oxygens (including phenoxy) is 1. The molecular weight excluding hydrogens is 280 g/mol. The van der Waals surface area contributed by atoms with Crippen molar-refractivity contribution < 1.29 is 14.3 Å². The number of rotatable bonds is 9. The van der Waals surface area contributed by atoms with Gasteiger partial charge in [-0.2, -0.15) is 0 Å². The molecule has 0 saturated heterocycles. The molecule has 0 heterocycles. The molecule has 5 nitrogen and oxygen atoms in total. The van der Waals surface area contributed by atoms with Crippen LogP contribution in [0.25, 0.3) is 0 Å². The summed E-state index contributed by atoms with van der Waals surface area (Å²) >= 11 is 0. The van der Waals surface area contributed by atoms with E-state index in [0.717, 1.165) is 31.5 Å². The highest BCUT2D eigenvalue weighted by molar-refractivity contribution is 5.85. The smallest absolute Gasteiger partial charge is 0.258 e. The number of hydrogen-bond donors (Lipinski definition) is 1. The number of nitrogens with zero attached hydrogens (tertiary/aromatic N) is 1. The van der Waals surface area contributed by atoms with Crippen LogP contribution in [-0.2, 0) is 9.59 Å². The van der Waals surface area contributed by atoms with Crippen LogP contribution < -0.4 is 10.1 Å². The number of nitrogens with one attached hydrogen (secondary N) is 1. The normalized spacial score (nSPS) is 10.1. The van der Waals surface area contributed by atoms with Crippen LogP contribution in [0.1, 0.15) is 32.3 Å². The van der Waals surface area contributed by atoms with Gasteiger partial charge in [0.2, 0.25) is 5.91 Å². The highest BCUT2D eigenvalue weighted by Crippen LogP contribution is 2.10. The minimum absolute atomic E-state index is 0.0239. The molecule has 1 rings (SSSR count). The molecule has 22 heavy (non-hydrogen) atoms. The fraction of sp³-hybridized carbons (Fsp3) is 0.529. The Morgan fingerprint density at radius 2 is 1.68 bits per heavy atom. The number of hydrogen-bond acceptors (Lipinski definition) is 3. The van der Waals surface area contributed by atoms with Gasteiger partial charge in [-0.05, 0) is 31.9 Å². The van der Waals surface area contributed by atoms with Gasteiger partial charge in [0, 0.05) is 13.1 Å². The van der Waals surface area contributed by atoms with Crippen molar-refractivity contribution in [3.05, 3.63) is 29.8 Å². The van der Waals surface area contributed by atoms with Gasteiger partial charge in [-0.15, -0.1) is 0 Å². The predicted octanol–water partition coefficient (Wildman–Crippen LogP) is 2.14. The maximum atomic E-state index is 12.0. The van der Waals surface area contributed by atoms with E-state index < -0.39 is 0 Å². The van der Waals surface area contributed by atoms with Crippen molar-refractivity contribution in [1.82, 2.24) is 10.2 Å². The van der Waals surface area contributed by atoms with Gasteiger partial charge in [-0.1, -0.05) is 31.5 Å². The van der Waals surface area contributed by atoms with E-state index in [1.165, 1.54) is 0 Å². The number of carbonyl (C=O) groups is 2. The van der Waals surface area contributed by atoms with Crippen molar-refractivity contribution in [1.29, 1.82) is 0 Å². The van der Waals surface area contributed by atoms with Crippen molar-refractivity contribution in [3.63, 3.8) is 0 Å². The van der Waals surface area contributed by atoms with E-state index >= 15 is 0 Å². The summed E-state index contributed by atoms with van der Waals surface area (Å²) < 4.78 is 5.37. The Morgan fingerprint density at radius 1 is 1.09 bits per heavy atom. The molecule has 1 N–H and O–H groups in total. The third kappa shape index (κ3) is 6.61. The van der Waals surface area contributed by atoms with Crippen LogP contribution in [-0.4, -0.2) is 43.0 Å². The fourth-order valence-electron chi connectivity index (χ4n) is 2.02. The van der Waals surface area contributed by atoms with Crippen molar-refractivity contribution in [2.75, 3.05) is 26.2 Å². The summed E-state index contributed by atoms with van der Waals surface area (Å²) in [6.07, 6.45) is 1.83. The molecule has 5 heteroatoms. The first-order valence-electron chi connectivity index (χ1n) is 7.80. The van der Waals surface area contributed by atoms with Crippen molar-refractivity contribution in [2.24, 2.45) is 0 Å². The lowest BCUT2D eigenvalue weighted by atomic mass is 10.2. The van der Waals surface area contributed by atoms with Gasteiger partial charge in [-0.25, -0.2) is 0 Å². The quantitative estimate of drug-likeness (QED) is 0.760. The zero-order chi connectivity index (χ0) is 16.4. The summed E-state index contributed by atoms with van der Waals surface area (Å²) in [5.41, 5.74) is 1.13. The minimum Gasteiger partial charge on any atom is -0.484 e. The lowest BCUT2D eigenvalue weighted by molar-refractivity contribution is -0.133. The minimum atomic E-state index is -0.290. The maximum Gasteiger partial charge on any atom is 0.258 e. The van der Waals surface area contributed by atoms with E-state index in [0.29, 0.717) is 5.75 Å². The molecule has 0 aliphatic heterocycles. The topological polar surface area (TPSA) is 58.6 Å². The van der Waals surface area contributed by atoms with Crippen molar-refractivity contribution in [2.45, 2.75) is 33.6 Å². The number of benzene rings is 1. The number of carbonyl (C=O) groups excluding carboxylic acids is 2. The molecule has 0 spiro atoms. The van der Waals surface area contributed by atoms with Crippen LogP contribution in [0.15, 0.2) is 24.3 Å². The fourth-order valence-corrected chi connectivity index (χ4v) is 2.02. The van der Waals surface area contributed by atoms with Gasteiger partial charge in [-0.3, -0.25) is 9.59 Å². The molecule has 1 aromatic carbocycles. The average Bonchev–Trinajstić information content (AvgIpc) is 2.52. The first-order chi connectivity index (χ1) is 10.6. The Bertz CT molecular complexity index is 465. The van der Waals surface area contributed by atoms with Crippen LogP contribution in [0.3, 0.4) is 0 Å². The van der Waals surface area contributed by atoms with E-state index in [1.807, 2.05) is 45.0 Å². The first-order valence-corrected chi connectivity index (χ1v) is 7.80. The second kappa shape index (κ2) is 9.82. The third-order valence-corrected chi connectivity index (χ3v) is 3.17.